The molecule has 6 nitrogen and oxygen atoms in total. The zero-order valence-corrected chi connectivity index (χ0v) is 18.9. The second kappa shape index (κ2) is 11.3. The minimum Gasteiger partial charge on any atom is -0.381 e. The van der Waals surface area contributed by atoms with E-state index in [4.69, 9.17) is 14.3 Å². The summed E-state index contributed by atoms with van der Waals surface area (Å²) in [4.78, 5) is 4.69. The summed E-state index contributed by atoms with van der Waals surface area (Å²) in [7, 11) is 0. The molecule has 170 valence electrons. The molecule has 3 rings (SSSR count). The van der Waals surface area contributed by atoms with Gasteiger partial charge in [-0.05, 0) is 50.3 Å². The number of benzene rings is 1. The van der Waals surface area contributed by atoms with Crippen LogP contribution in [0.25, 0.3) is 0 Å². The first-order valence-corrected chi connectivity index (χ1v) is 11.4. The van der Waals surface area contributed by atoms with E-state index in [-0.39, 0.29) is 11.2 Å². The Kier molecular flexibility index (Phi) is 8.46. The topological polar surface area (TPSA) is 71.7 Å². The third kappa shape index (κ3) is 6.06. The van der Waals surface area contributed by atoms with Crippen LogP contribution >= 0.6 is 0 Å². The van der Waals surface area contributed by atoms with E-state index in [1.54, 1.807) is 12.1 Å². The van der Waals surface area contributed by atoms with Gasteiger partial charge in [-0.25, -0.2) is 9.38 Å². The van der Waals surface area contributed by atoms with Gasteiger partial charge in [0.25, 0.3) is 0 Å². The maximum Gasteiger partial charge on any atom is 0.191 e. The molecular formula is C24H35FN4O2. The first kappa shape index (κ1) is 23.3. The molecule has 1 saturated heterocycles. The normalized spacial score (nSPS) is 16.5. The number of aliphatic imine (C=N–C) groups is 1. The van der Waals surface area contributed by atoms with E-state index in [0.29, 0.717) is 38.2 Å². The average Bonchev–Trinajstić information content (AvgIpc) is 3.26. The Morgan fingerprint density at radius 3 is 2.61 bits per heavy atom. The van der Waals surface area contributed by atoms with Gasteiger partial charge in [-0.2, -0.15) is 0 Å². The summed E-state index contributed by atoms with van der Waals surface area (Å²) in [6.07, 6.45) is 3.76. The monoisotopic (exact) mass is 430 g/mol. The Labute approximate surface area is 184 Å². The summed E-state index contributed by atoms with van der Waals surface area (Å²) in [6, 6.07) is 8.93. The summed E-state index contributed by atoms with van der Waals surface area (Å²) in [5.41, 5.74) is 1.82. The van der Waals surface area contributed by atoms with Gasteiger partial charge in [0, 0.05) is 43.7 Å². The lowest BCUT2D eigenvalue weighted by Crippen LogP contribution is -2.48. The van der Waals surface area contributed by atoms with E-state index in [2.05, 4.69) is 29.6 Å². The fourth-order valence-corrected chi connectivity index (χ4v) is 4.20. The van der Waals surface area contributed by atoms with Gasteiger partial charge in [0.2, 0.25) is 0 Å². The molecule has 0 radical (unpaired) electrons. The summed E-state index contributed by atoms with van der Waals surface area (Å²) in [5.74, 6) is 1.69. The lowest BCUT2D eigenvalue weighted by atomic mass is 9.74. The highest BCUT2D eigenvalue weighted by Gasteiger charge is 2.35. The minimum atomic E-state index is -0.206. The molecule has 1 aromatic carbocycles. The van der Waals surface area contributed by atoms with Crippen molar-refractivity contribution in [2.24, 2.45) is 4.99 Å². The molecule has 0 unspecified atom stereocenters. The first-order chi connectivity index (χ1) is 15.1. The van der Waals surface area contributed by atoms with Crippen LogP contribution in [0.15, 0.2) is 39.8 Å². The first-order valence-electron chi connectivity index (χ1n) is 11.4. The highest BCUT2D eigenvalue weighted by Crippen LogP contribution is 2.34. The Bertz CT molecular complexity index is 842. The van der Waals surface area contributed by atoms with E-state index in [1.807, 2.05) is 19.1 Å². The quantitative estimate of drug-likeness (QED) is 0.452. The van der Waals surface area contributed by atoms with Crippen molar-refractivity contribution in [3.8, 4) is 0 Å². The van der Waals surface area contributed by atoms with Gasteiger partial charge in [0.15, 0.2) is 11.7 Å². The summed E-state index contributed by atoms with van der Waals surface area (Å²) < 4.78 is 25.0. The predicted molar refractivity (Wildman–Crippen MR) is 121 cm³/mol. The smallest absolute Gasteiger partial charge is 0.191 e. The number of guanidine groups is 1. The van der Waals surface area contributed by atoms with Gasteiger partial charge in [-0.15, -0.1) is 0 Å². The van der Waals surface area contributed by atoms with Crippen molar-refractivity contribution in [1.82, 2.24) is 15.8 Å². The van der Waals surface area contributed by atoms with Crippen LogP contribution in [-0.4, -0.2) is 37.4 Å². The van der Waals surface area contributed by atoms with Crippen molar-refractivity contribution in [2.75, 3.05) is 26.3 Å². The van der Waals surface area contributed by atoms with Crippen LogP contribution < -0.4 is 10.6 Å². The highest BCUT2D eigenvalue weighted by atomic mass is 19.1. The van der Waals surface area contributed by atoms with Gasteiger partial charge < -0.3 is 19.9 Å². The number of nitrogens with zero attached hydrogens (tertiary/aromatic N) is 2. The van der Waals surface area contributed by atoms with E-state index < -0.39 is 0 Å². The van der Waals surface area contributed by atoms with E-state index in [1.165, 1.54) is 6.07 Å². The van der Waals surface area contributed by atoms with Gasteiger partial charge >= 0.3 is 0 Å². The van der Waals surface area contributed by atoms with Crippen molar-refractivity contribution < 1.29 is 13.7 Å². The summed E-state index contributed by atoms with van der Waals surface area (Å²) in [5, 5.41) is 11.0. The van der Waals surface area contributed by atoms with Crippen LogP contribution in [-0.2, 0) is 16.7 Å². The number of hydrogen-bond donors (Lipinski definition) is 2. The minimum absolute atomic E-state index is 0.189. The van der Waals surface area contributed by atoms with Crippen LogP contribution in [0.1, 0.15) is 69.4 Å². The largest absolute Gasteiger partial charge is 0.381 e. The zero-order valence-electron chi connectivity index (χ0n) is 18.9. The Balaban J connectivity index is 1.71. The molecule has 0 spiro atoms. The molecule has 2 aromatic rings. The molecule has 7 heteroatoms. The second-order valence-electron chi connectivity index (χ2n) is 8.18. The third-order valence-corrected chi connectivity index (χ3v) is 6.20. The number of halogens is 1. The number of hydrogen-bond acceptors (Lipinski definition) is 4. The molecule has 0 amide bonds. The van der Waals surface area contributed by atoms with Crippen LogP contribution in [0.5, 0.6) is 0 Å². The van der Waals surface area contributed by atoms with E-state index in [0.717, 1.165) is 49.2 Å². The third-order valence-electron chi connectivity index (χ3n) is 6.20. The molecule has 1 aliphatic rings. The maximum absolute atomic E-state index is 13.9. The molecule has 2 N–H and O–H groups in total. The molecule has 1 fully saturated rings. The highest BCUT2D eigenvalue weighted by molar-refractivity contribution is 5.79. The summed E-state index contributed by atoms with van der Waals surface area (Å²) in [6.45, 7) is 9.52. The fourth-order valence-electron chi connectivity index (χ4n) is 4.20. The zero-order chi connectivity index (χ0) is 22.1. The van der Waals surface area contributed by atoms with Gasteiger partial charge in [-0.1, -0.05) is 31.1 Å². The maximum atomic E-state index is 13.9. The number of nitrogens with one attached hydrogen (secondary N) is 2. The molecule has 1 aromatic heterocycles. The van der Waals surface area contributed by atoms with Crippen LogP contribution in [0.4, 0.5) is 4.39 Å². The van der Waals surface area contributed by atoms with Crippen molar-refractivity contribution >= 4 is 5.96 Å². The van der Waals surface area contributed by atoms with Crippen LogP contribution in [0.2, 0.25) is 0 Å². The molecule has 0 bridgehead atoms. The number of aromatic nitrogens is 1. The van der Waals surface area contributed by atoms with Crippen molar-refractivity contribution in [3.05, 3.63) is 53.2 Å². The Morgan fingerprint density at radius 1 is 1.16 bits per heavy atom. The lowest BCUT2D eigenvalue weighted by Gasteiger charge is -2.38. The van der Waals surface area contributed by atoms with Gasteiger partial charge in [0.1, 0.15) is 12.4 Å². The molecule has 0 aliphatic carbocycles. The predicted octanol–water partition coefficient (Wildman–Crippen LogP) is 4.52. The second-order valence-corrected chi connectivity index (χ2v) is 8.18. The van der Waals surface area contributed by atoms with Crippen LogP contribution in [0, 0.1) is 5.82 Å². The molecule has 1 aliphatic heterocycles. The van der Waals surface area contributed by atoms with E-state index >= 15 is 0 Å². The average molecular weight is 431 g/mol. The van der Waals surface area contributed by atoms with Crippen molar-refractivity contribution in [1.29, 1.82) is 0 Å². The van der Waals surface area contributed by atoms with Gasteiger partial charge in [-0.3, -0.25) is 0 Å². The number of rotatable bonds is 9. The SMILES string of the molecule is CCNC(=NCc1cc(C(CC)CC)no1)NCC1(c2cccc(F)c2)CCOCC1. The van der Waals surface area contributed by atoms with E-state index in [9.17, 15) is 4.39 Å². The van der Waals surface area contributed by atoms with Crippen LogP contribution in [0.3, 0.4) is 0 Å². The molecule has 2 heterocycles. The Hall–Kier alpha value is -2.41. The van der Waals surface area contributed by atoms with Gasteiger partial charge in [0.05, 0.1) is 5.69 Å². The summed E-state index contributed by atoms with van der Waals surface area (Å²) >= 11 is 0. The lowest BCUT2D eigenvalue weighted by molar-refractivity contribution is 0.0513. The number of ether oxygens (including phenoxy) is 1. The molecular weight excluding hydrogens is 395 g/mol. The van der Waals surface area contributed by atoms with Crippen molar-refractivity contribution in [3.63, 3.8) is 0 Å². The Morgan fingerprint density at radius 2 is 1.94 bits per heavy atom. The molecule has 0 saturated carbocycles. The standard InChI is InChI=1S/C24H35FN4O2/c1-4-18(5-2)22-15-21(31-29-22)16-27-23(26-6-3)28-17-24(10-12-30-13-11-24)19-8-7-9-20(25)14-19/h7-9,14-15,18H,4-6,10-13,16-17H2,1-3H3,(H2,26,27,28). The molecule has 0 atom stereocenters. The van der Waals surface area contributed by atoms with Crippen molar-refractivity contribution in [2.45, 2.75) is 64.3 Å². The molecule has 31 heavy (non-hydrogen) atoms. The fraction of sp³-hybridized carbons (Fsp3) is 0.583.